The van der Waals surface area contributed by atoms with E-state index in [0.29, 0.717) is 6.10 Å². The van der Waals surface area contributed by atoms with Gasteiger partial charge in [0.05, 0.1) is 0 Å². The van der Waals surface area contributed by atoms with Crippen molar-refractivity contribution in [2.45, 2.75) is 65.7 Å². The Morgan fingerprint density at radius 1 is 1.41 bits per heavy atom. The van der Waals surface area contributed by atoms with Crippen LogP contribution in [-0.4, -0.2) is 14.4 Å². The lowest BCUT2D eigenvalue weighted by Crippen LogP contribution is -2.43. The van der Waals surface area contributed by atoms with Crippen LogP contribution in [0.15, 0.2) is 12.3 Å². The van der Waals surface area contributed by atoms with Gasteiger partial charge in [-0.2, -0.15) is 0 Å². The lowest BCUT2D eigenvalue weighted by Gasteiger charge is -2.41. The van der Waals surface area contributed by atoms with E-state index in [1.54, 1.807) is 0 Å². The maximum absolute atomic E-state index is 6.54. The molecule has 0 aromatic heterocycles. The van der Waals surface area contributed by atoms with E-state index in [1.165, 1.54) is 19.3 Å². The third-order valence-corrected chi connectivity index (χ3v) is 7.62. The van der Waals surface area contributed by atoms with E-state index in [1.807, 2.05) is 0 Å². The molecule has 0 radical (unpaired) electrons. The Morgan fingerprint density at radius 3 is 2.53 bits per heavy atom. The first kappa shape index (κ1) is 15.0. The van der Waals surface area contributed by atoms with Crippen molar-refractivity contribution in [2.75, 3.05) is 0 Å². The molecule has 1 aliphatic carbocycles. The highest BCUT2D eigenvalue weighted by molar-refractivity contribution is 6.77. The van der Waals surface area contributed by atoms with E-state index in [9.17, 15) is 0 Å². The fourth-order valence-corrected chi connectivity index (χ4v) is 4.39. The minimum absolute atomic E-state index is 0.480. The summed E-state index contributed by atoms with van der Waals surface area (Å²) in [6.45, 7) is 15.6. The normalized spacial score (nSPS) is 33.4. The number of hydrogen-bond acceptors (Lipinski definition) is 1. The minimum atomic E-state index is -1.64. The summed E-state index contributed by atoms with van der Waals surface area (Å²) in [5.41, 5.74) is 2.11. The van der Waals surface area contributed by atoms with Gasteiger partial charge in [0, 0.05) is 6.10 Å². The van der Waals surface area contributed by atoms with Gasteiger partial charge in [0.25, 0.3) is 0 Å². The van der Waals surface area contributed by atoms with Crippen LogP contribution in [0.3, 0.4) is 0 Å². The summed E-state index contributed by atoms with van der Waals surface area (Å²) < 4.78 is 6.54. The second kappa shape index (κ2) is 6.19. The highest BCUT2D eigenvalue weighted by atomic mass is 28.4. The van der Waals surface area contributed by atoms with Crippen LogP contribution in [0.25, 0.3) is 0 Å². The van der Waals surface area contributed by atoms with Crippen LogP contribution in [-0.2, 0) is 4.43 Å². The van der Waals surface area contributed by atoms with Crippen LogP contribution in [0.1, 0.15) is 47.0 Å². The Labute approximate surface area is 109 Å². The van der Waals surface area contributed by atoms with Crippen LogP contribution < -0.4 is 0 Å². The minimum Gasteiger partial charge on any atom is -0.410 e. The number of rotatable bonds is 5. The average Bonchev–Trinajstić information content (AvgIpc) is 2.28. The number of hydrogen-bond donors (Lipinski definition) is 0. The molecule has 0 aliphatic heterocycles. The largest absolute Gasteiger partial charge is 0.410 e. The van der Waals surface area contributed by atoms with Crippen LogP contribution in [0.4, 0.5) is 0 Å². The first-order valence-corrected chi connectivity index (χ1v) is 9.92. The molecule has 0 N–H and O–H groups in total. The molecule has 100 valence electrons. The van der Waals surface area contributed by atoms with Gasteiger partial charge < -0.3 is 4.43 Å². The predicted octanol–water partition coefficient (Wildman–Crippen LogP) is 4.78. The zero-order valence-electron chi connectivity index (χ0n) is 12.3. The van der Waals surface area contributed by atoms with Gasteiger partial charge in [-0.05, 0) is 43.2 Å². The molecule has 0 aromatic carbocycles. The average molecular weight is 254 g/mol. The molecule has 0 spiro atoms. The quantitative estimate of drug-likeness (QED) is 0.641. The lowest BCUT2D eigenvalue weighted by molar-refractivity contribution is 0.0405. The van der Waals surface area contributed by atoms with Gasteiger partial charge in [0.1, 0.15) is 0 Å². The first-order chi connectivity index (χ1) is 7.91. The highest BCUT2D eigenvalue weighted by Gasteiger charge is 2.36. The Balaban J connectivity index is 2.72. The summed E-state index contributed by atoms with van der Waals surface area (Å²) in [4.78, 5) is 0. The summed E-state index contributed by atoms with van der Waals surface area (Å²) in [6, 6.07) is 1.15. The standard InChI is InChI=1S/C15H30OSi/c1-7-17(6,8-2)16-15-11-13(5)9-10-14(15)12(3)4/h7,12-15H,1,8-11H2,2-6H3. The molecular formula is C15H30OSi. The molecule has 0 bridgehead atoms. The van der Waals surface area contributed by atoms with E-state index < -0.39 is 8.32 Å². The van der Waals surface area contributed by atoms with E-state index in [2.05, 4.69) is 46.5 Å². The SMILES string of the molecule is C=C[Si](C)(CC)OC1CC(C)CCC1C(C)C. The lowest BCUT2D eigenvalue weighted by atomic mass is 9.75. The molecule has 4 atom stereocenters. The molecule has 1 rings (SSSR count). The molecule has 0 saturated heterocycles. The van der Waals surface area contributed by atoms with Crippen molar-refractivity contribution < 1.29 is 4.43 Å². The van der Waals surface area contributed by atoms with Gasteiger partial charge in [-0.3, -0.25) is 0 Å². The van der Waals surface area contributed by atoms with E-state index in [0.717, 1.165) is 23.8 Å². The Kier molecular flexibility index (Phi) is 5.45. The molecule has 1 saturated carbocycles. The summed E-state index contributed by atoms with van der Waals surface area (Å²) in [5, 5.41) is 0. The zero-order chi connectivity index (χ0) is 13.1. The summed E-state index contributed by atoms with van der Waals surface area (Å²) in [6.07, 6.45) is 4.45. The van der Waals surface area contributed by atoms with Crippen molar-refractivity contribution in [3.8, 4) is 0 Å². The topological polar surface area (TPSA) is 9.23 Å². The molecule has 1 fully saturated rings. The first-order valence-electron chi connectivity index (χ1n) is 7.23. The molecule has 1 nitrogen and oxygen atoms in total. The zero-order valence-corrected chi connectivity index (χ0v) is 13.3. The van der Waals surface area contributed by atoms with Crippen molar-refractivity contribution >= 4 is 8.32 Å². The molecule has 2 heteroatoms. The summed E-state index contributed by atoms with van der Waals surface area (Å²) >= 11 is 0. The van der Waals surface area contributed by atoms with Crippen LogP contribution >= 0.6 is 0 Å². The van der Waals surface area contributed by atoms with Crippen molar-refractivity contribution in [3.05, 3.63) is 12.3 Å². The monoisotopic (exact) mass is 254 g/mol. The van der Waals surface area contributed by atoms with E-state index in [-0.39, 0.29) is 0 Å². The van der Waals surface area contributed by atoms with Crippen molar-refractivity contribution in [2.24, 2.45) is 17.8 Å². The van der Waals surface area contributed by atoms with Crippen molar-refractivity contribution in [1.82, 2.24) is 0 Å². The smallest absolute Gasteiger partial charge is 0.213 e. The van der Waals surface area contributed by atoms with Gasteiger partial charge >= 0.3 is 0 Å². The predicted molar refractivity (Wildman–Crippen MR) is 78.5 cm³/mol. The van der Waals surface area contributed by atoms with Crippen LogP contribution in [0, 0.1) is 17.8 Å². The second-order valence-electron chi connectivity index (χ2n) is 6.35. The maximum atomic E-state index is 6.54. The molecule has 1 aliphatic rings. The Morgan fingerprint density at radius 2 is 2.06 bits per heavy atom. The fraction of sp³-hybridized carbons (Fsp3) is 0.867. The van der Waals surface area contributed by atoms with Crippen molar-refractivity contribution in [1.29, 1.82) is 0 Å². The van der Waals surface area contributed by atoms with Gasteiger partial charge in [0.2, 0.25) is 8.32 Å². The molecule has 17 heavy (non-hydrogen) atoms. The van der Waals surface area contributed by atoms with Gasteiger partial charge in [-0.25, -0.2) is 0 Å². The third kappa shape index (κ3) is 3.96. The molecular weight excluding hydrogens is 224 g/mol. The second-order valence-corrected chi connectivity index (χ2v) is 10.3. The van der Waals surface area contributed by atoms with E-state index in [4.69, 9.17) is 4.43 Å². The van der Waals surface area contributed by atoms with Gasteiger partial charge in [-0.15, -0.1) is 6.58 Å². The highest BCUT2D eigenvalue weighted by Crippen LogP contribution is 2.37. The van der Waals surface area contributed by atoms with E-state index >= 15 is 0 Å². The molecule has 0 aromatic rings. The van der Waals surface area contributed by atoms with Crippen LogP contribution in [0.5, 0.6) is 0 Å². The van der Waals surface area contributed by atoms with Gasteiger partial charge in [-0.1, -0.05) is 39.8 Å². The fourth-order valence-electron chi connectivity index (χ4n) is 2.87. The van der Waals surface area contributed by atoms with Crippen molar-refractivity contribution in [3.63, 3.8) is 0 Å². The molecule has 0 amide bonds. The molecule has 4 unspecified atom stereocenters. The maximum Gasteiger partial charge on any atom is 0.213 e. The summed E-state index contributed by atoms with van der Waals surface area (Å²) in [7, 11) is -1.64. The Bertz CT molecular complexity index is 251. The Hall–Kier alpha value is -0.0831. The third-order valence-electron chi connectivity index (χ3n) is 4.52. The van der Waals surface area contributed by atoms with Gasteiger partial charge in [0.15, 0.2) is 0 Å². The summed E-state index contributed by atoms with van der Waals surface area (Å²) in [5.74, 6) is 2.33. The molecule has 0 heterocycles. The van der Waals surface area contributed by atoms with Crippen LogP contribution in [0.2, 0.25) is 12.6 Å².